The Labute approximate surface area is 132 Å². The lowest BCUT2D eigenvalue weighted by Gasteiger charge is -2.31. The highest BCUT2D eigenvalue weighted by Crippen LogP contribution is 2.38. The molecule has 0 N–H and O–H groups in total. The fourth-order valence-corrected chi connectivity index (χ4v) is 2.67. The number of carbonyl (C=O) groups is 1. The number of carbonyl (C=O) groups excluding carboxylic acids is 1. The number of Topliss-reactive ketones (excluding diaryl/α,β-unsaturated/α-hetero) is 1. The van der Waals surface area contributed by atoms with Crippen LogP contribution in [0, 0.1) is 5.41 Å². The summed E-state index contributed by atoms with van der Waals surface area (Å²) < 4.78 is 0. The van der Waals surface area contributed by atoms with Crippen LogP contribution in [0.3, 0.4) is 0 Å². The number of rotatable bonds is 4. The fourth-order valence-electron chi connectivity index (χ4n) is 2.55. The van der Waals surface area contributed by atoms with Crippen LogP contribution in [0.15, 0.2) is 54.6 Å². The van der Waals surface area contributed by atoms with Crippen LogP contribution < -0.4 is 0 Å². The maximum Gasteiger partial charge on any atom is 0.163 e. The maximum atomic E-state index is 12.5. The van der Waals surface area contributed by atoms with Crippen LogP contribution in [0.25, 0.3) is 0 Å². The second-order valence-electron chi connectivity index (χ2n) is 6.46. The van der Waals surface area contributed by atoms with Gasteiger partial charge < -0.3 is 0 Å². The molecule has 0 aliphatic rings. The first-order chi connectivity index (χ1) is 9.88. The summed E-state index contributed by atoms with van der Waals surface area (Å²) in [6.07, 6.45) is 0.509. The Bertz CT molecular complexity index is 594. The standard InChI is InChI=1S/C19H21ClO/c1-19(2,3)17(14-9-11-16(20)12-10-14)13-18(21)15-7-5-4-6-8-15/h4-12,17H,13H2,1-3H3/t17-/m1/s1. The van der Waals surface area contributed by atoms with Crippen LogP contribution in [-0.4, -0.2) is 5.78 Å². The van der Waals surface area contributed by atoms with Crippen molar-refractivity contribution in [3.05, 3.63) is 70.7 Å². The van der Waals surface area contributed by atoms with Crippen molar-refractivity contribution in [2.45, 2.75) is 33.1 Å². The van der Waals surface area contributed by atoms with Gasteiger partial charge in [0, 0.05) is 17.0 Å². The van der Waals surface area contributed by atoms with Gasteiger partial charge in [-0.2, -0.15) is 0 Å². The third kappa shape index (κ3) is 4.18. The average Bonchev–Trinajstić information content (AvgIpc) is 2.45. The topological polar surface area (TPSA) is 17.1 Å². The molecule has 0 aromatic heterocycles. The van der Waals surface area contributed by atoms with E-state index in [0.29, 0.717) is 6.42 Å². The molecule has 0 saturated carbocycles. The van der Waals surface area contributed by atoms with Crippen molar-refractivity contribution in [3.8, 4) is 0 Å². The minimum atomic E-state index is 0.0122. The summed E-state index contributed by atoms with van der Waals surface area (Å²) in [5.41, 5.74) is 1.95. The molecule has 21 heavy (non-hydrogen) atoms. The molecule has 0 amide bonds. The Kier molecular flexibility index (Phi) is 4.84. The lowest BCUT2D eigenvalue weighted by molar-refractivity contribution is 0.0951. The van der Waals surface area contributed by atoms with Gasteiger partial charge in [0.15, 0.2) is 5.78 Å². The van der Waals surface area contributed by atoms with Crippen molar-refractivity contribution in [1.29, 1.82) is 0 Å². The van der Waals surface area contributed by atoms with Gasteiger partial charge in [-0.15, -0.1) is 0 Å². The number of hydrogen-bond donors (Lipinski definition) is 0. The lowest BCUT2D eigenvalue weighted by atomic mass is 9.73. The summed E-state index contributed by atoms with van der Waals surface area (Å²) >= 11 is 5.97. The Morgan fingerprint density at radius 2 is 1.57 bits per heavy atom. The molecule has 2 rings (SSSR count). The molecule has 0 aliphatic carbocycles. The van der Waals surface area contributed by atoms with Crippen LogP contribution in [0.4, 0.5) is 0 Å². The van der Waals surface area contributed by atoms with Gasteiger partial charge in [-0.25, -0.2) is 0 Å². The molecule has 0 spiro atoms. The van der Waals surface area contributed by atoms with Crippen molar-refractivity contribution in [1.82, 2.24) is 0 Å². The second kappa shape index (κ2) is 6.44. The Morgan fingerprint density at radius 3 is 2.10 bits per heavy atom. The number of halogens is 1. The molecule has 1 atom stereocenters. The predicted molar refractivity (Wildman–Crippen MR) is 89.0 cm³/mol. The van der Waals surface area contributed by atoms with Crippen LogP contribution in [0.2, 0.25) is 5.02 Å². The van der Waals surface area contributed by atoms with E-state index in [4.69, 9.17) is 11.6 Å². The summed E-state index contributed by atoms with van der Waals surface area (Å²) in [5.74, 6) is 0.355. The zero-order chi connectivity index (χ0) is 15.5. The molecule has 0 radical (unpaired) electrons. The van der Waals surface area contributed by atoms with E-state index in [9.17, 15) is 4.79 Å². The van der Waals surface area contributed by atoms with Crippen LogP contribution in [0.1, 0.15) is 49.0 Å². The summed E-state index contributed by atoms with van der Waals surface area (Å²) in [6.45, 7) is 6.51. The van der Waals surface area contributed by atoms with Crippen molar-refractivity contribution >= 4 is 17.4 Å². The largest absolute Gasteiger partial charge is 0.294 e. The zero-order valence-electron chi connectivity index (χ0n) is 12.8. The summed E-state index contributed by atoms with van der Waals surface area (Å²) in [7, 11) is 0. The molecule has 0 aliphatic heterocycles. The second-order valence-corrected chi connectivity index (χ2v) is 6.90. The van der Waals surface area contributed by atoms with Gasteiger partial charge in [0.1, 0.15) is 0 Å². The van der Waals surface area contributed by atoms with Gasteiger partial charge in [-0.05, 0) is 29.0 Å². The number of ketones is 1. The van der Waals surface area contributed by atoms with Gasteiger partial charge in [0.2, 0.25) is 0 Å². The van der Waals surface area contributed by atoms with Crippen molar-refractivity contribution in [2.24, 2.45) is 5.41 Å². The minimum absolute atomic E-state index is 0.0122. The normalized spacial score (nSPS) is 13.0. The highest BCUT2D eigenvalue weighted by atomic mass is 35.5. The first-order valence-corrected chi connectivity index (χ1v) is 7.59. The minimum Gasteiger partial charge on any atom is -0.294 e. The molecule has 0 saturated heterocycles. The molecule has 2 aromatic carbocycles. The highest BCUT2D eigenvalue weighted by Gasteiger charge is 2.28. The SMILES string of the molecule is CC(C)(C)[C@H](CC(=O)c1ccccc1)c1ccc(Cl)cc1. The summed E-state index contributed by atoms with van der Waals surface area (Å²) in [5, 5.41) is 0.723. The van der Waals surface area contributed by atoms with E-state index in [1.165, 1.54) is 0 Å². The Hall–Kier alpha value is -1.60. The highest BCUT2D eigenvalue weighted by molar-refractivity contribution is 6.30. The van der Waals surface area contributed by atoms with Gasteiger partial charge in [-0.1, -0.05) is 74.8 Å². The quantitative estimate of drug-likeness (QED) is 0.658. The van der Waals surface area contributed by atoms with Gasteiger partial charge in [-0.3, -0.25) is 4.79 Å². The van der Waals surface area contributed by atoms with E-state index in [1.807, 2.05) is 54.6 Å². The first-order valence-electron chi connectivity index (χ1n) is 7.21. The number of hydrogen-bond acceptors (Lipinski definition) is 1. The van der Waals surface area contributed by atoms with Crippen molar-refractivity contribution in [2.75, 3.05) is 0 Å². The molecule has 0 unspecified atom stereocenters. The molecular formula is C19H21ClO. The van der Waals surface area contributed by atoms with Gasteiger partial charge in [0.05, 0.1) is 0 Å². The van der Waals surface area contributed by atoms with Crippen molar-refractivity contribution in [3.63, 3.8) is 0 Å². The Morgan fingerprint density at radius 1 is 1.00 bits per heavy atom. The number of benzene rings is 2. The molecule has 0 bridgehead atoms. The third-order valence-electron chi connectivity index (χ3n) is 3.80. The van der Waals surface area contributed by atoms with E-state index >= 15 is 0 Å². The van der Waals surface area contributed by atoms with Crippen molar-refractivity contribution < 1.29 is 4.79 Å². The zero-order valence-corrected chi connectivity index (χ0v) is 13.5. The van der Waals surface area contributed by atoms with Gasteiger partial charge >= 0.3 is 0 Å². The molecule has 2 aromatic rings. The lowest BCUT2D eigenvalue weighted by Crippen LogP contribution is -2.21. The molecular weight excluding hydrogens is 280 g/mol. The molecule has 110 valence electrons. The molecule has 0 fully saturated rings. The van der Waals surface area contributed by atoms with Gasteiger partial charge in [0.25, 0.3) is 0 Å². The summed E-state index contributed by atoms with van der Waals surface area (Å²) in [4.78, 5) is 12.5. The van der Waals surface area contributed by atoms with E-state index in [2.05, 4.69) is 20.8 Å². The first kappa shape index (κ1) is 15.8. The van der Waals surface area contributed by atoms with Crippen LogP contribution >= 0.6 is 11.6 Å². The van der Waals surface area contributed by atoms with E-state index in [1.54, 1.807) is 0 Å². The predicted octanol–water partition coefficient (Wildman–Crippen LogP) is 5.74. The van der Waals surface area contributed by atoms with Crippen LogP contribution in [0.5, 0.6) is 0 Å². The maximum absolute atomic E-state index is 12.5. The fraction of sp³-hybridized carbons (Fsp3) is 0.316. The molecule has 0 heterocycles. The molecule has 2 heteroatoms. The van der Waals surface area contributed by atoms with E-state index < -0.39 is 0 Å². The van der Waals surface area contributed by atoms with E-state index in [0.717, 1.165) is 16.1 Å². The monoisotopic (exact) mass is 300 g/mol. The molecule has 1 nitrogen and oxygen atoms in total. The third-order valence-corrected chi connectivity index (χ3v) is 4.06. The Balaban J connectivity index is 2.26. The smallest absolute Gasteiger partial charge is 0.163 e. The average molecular weight is 301 g/mol. The van der Waals surface area contributed by atoms with Crippen LogP contribution in [-0.2, 0) is 0 Å². The van der Waals surface area contributed by atoms with E-state index in [-0.39, 0.29) is 17.1 Å². The summed E-state index contributed by atoms with van der Waals surface area (Å²) in [6, 6.07) is 17.3.